The highest BCUT2D eigenvalue weighted by atomic mass is 31.1. The largest absolute Gasteiger partial charge is 0.479 e. The van der Waals surface area contributed by atoms with Crippen molar-refractivity contribution in [1.82, 2.24) is 19.5 Å². The normalized spacial score (nSPS) is 25.2. The van der Waals surface area contributed by atoms with Gasteiger partial charge >= 0.3 is 8.25 Å². The van der Waals surface area contributed by atoms with Crippen molar-refractivity contribution < 1.29 is 33.3 Å². The molecule has 5 unspecified atom stereocenters. The summed E-state index contributed by atoms with van der Waals surface area (Å²) >= 11 is 0. The van der Waals surface area contributed by atoms with Gasteiger partial charge in [0, 0.05) is 5.39 Å². The number of nitrogen functional groups attached to an aromatic ring is 1. The number of nitrogens with two attached hydrogens (primary N) is 1. The summed E-state index contributed by atoms with van der Waals surface area (Å²) in [6.45, 7) is 1.12. The van der Waals surface area contributed by atoms with Crippen LogP contribution in [0.4, 0.5) is 5.95 Å². The van der Waals surface area contributed by atoms with E-state index in [1.54, 1.807) is 12.1 Å². The number of ether oxygens (including phenoxy) is 2. The first kappa shape index (κ1) is 23.5. The molecule has 1 aliphatic rings. The summed E-state index contributed by atoms with van der Waals surface area (Å²) < 4.78 is 36.0. The molecule has 0 radical (unpaired) electrons. The van der Waals surface area contributed by atoms with Crippen molar-refractivity contribution in [3.8, 4) is 11.6 Å². The van der Waals surface area contributed by atoms with Gasteiger partial charge in [-0.3, -0.25) is 9.09 Å². The summed E-state index contributed by atoms with van der Waals surface area (Å²) in [6.07, 6.45) is -2.11. The summed E-state index contributed by atoms with van der Waals surface area (Å²) in [7, 11) is -1.58. The molecular formula is C22H24N5O7P. The number of aromatic nitrogens is 4. The Bertz CT molecular complexity index is 1410. The first-order chi connectivity index (χ1) is 16.8. The molecule has 5 atom stereocenters. The zero-order valence-electron chi connectivity index (χ0n) is 18.9. The molecule has 4 N–H and O–H groups in total. The molecule has 5 rings (SSSR count). The van der Waals surface area contributed by atoms with E-state index < -0.39 is 32.3 Å². The molecule has 184 valence electrons. The molecule has 12 nitrogen and oxygen atoms in total. The lowest BCUT2D eigenvalue weighted by molar-refractivity contribution is -0.0947. The lowest BCUT2D eigenvalue weighted by Gasteiger charge is -2.27. The molecule has 2 aromatic carbocycles. The topological polar surface area (TPSA) is 164 Å². The maximum Gasteiger partial charge on any atom is 0.367 e. The van der Waals surface area contributed by atoms with Crippen LogP contribution in [0.25, 0.3) is 21.9 Å². The molecule has 0 spiro atoms. The molecule has 1 aliphatic heterocycles. The molecule has 0 saturated carbocycles. The number of fused-ring (bicyclic) bond motifs is 2. The van der Waals surface area contributed by atoms with Crippen LogP contribution in [0, 0.1) is 0 Å². The molecule has 2 aromatic heterocycles. The molecule has 1 saturated heterocycles. The van der Waals surface area contributed by atoms with Gasteiger partial charge in [-0.1, -0.05) is 36.4 Å². The third kappa shape index (κ3) is 4.19. The van der Waals surface area contributed by atoms with Crippen LogP contribution in [0.5, 0.6) is 11.6 Å². The Hall–Kier alpha value is -3.28. The van der Waals surface area contributed by atoms with Gasteiger partial charge < -0.3 is 29.9 Å². The van der Waals surface area contributed by atoms with Gasteiger partial charge in [-0.25, -0.2) is 9.55 Å². The zero-order chi connectivity index (χ0) is 24.7. The van der Waals surface area contributed by atoms with E-state index in [0.717, 1.165) is 10.8 Å². The third-order valence-corrected chi connectivity index (χ3v) is 6.70. The number of rotatable bonds is 7. The molecule has 0 bridgehead atoms. The Labute approximate surface area is 200 Å². The standard InChI is InChI=1S/C22H24N5O7P/c1-22(29)17(28)15(10-32-35(30)34-14-9-5-7-12-6-3-4-8-13(12)14)33-20(22)27-11-24-16-18(27)25-21(23)26-19(16)31-2/h3-9,11,15,17,20,28-29,35H,10H2,1-2H3,(H2,23,25,26). The average Bonchev–Trinajstić information content (AvgIpc) is 3.35. The van der Waals surface area contributed by atoms with E-state index in [1.165, 1.54) is 24.9 Å². The maximum absolute atomic E-state index is 12.6. The Kier molecular flexibility index (Phi) is 6.07. The lowest BCUT2D eigenvalue weighted by atomic mass is 9.96. The number of anilines is 1. The summed E-state index contributed by atoms with van der Waals surface area (Å²) in [5.74, 6) is 0.521. The van der Waals surface area contributed by atoms with Crippen LogP contribution in [-0.2, 0) is 13.8 Å². The van der Waals surface area contributed by atoms with Crippen LogP contribution in [-0.4, -0.2) is 61.3 Å². The number of methoxy groups -OCH3 is 1. The number of aliphatic hydroxyl groups is 2. The minimum absolute atomic E-state index is 0.0571. The second kappa shape index (κ2) is 9.06. The molecule has 1 fully saturated rings. The predicted molar refractivity (Wildman–Crippen MR) is 126 cm³/mol. The number of nitrogens with zero attached hydrogens (tertiary/aromatic N) is 4. The summed E-state index contributed by atoms with van der Waals surface area (Å²) in [4.78, 5) is 12.4. The van der Waals surface area contributed by atoms with E-state index in [0.29, 0.717) is 11.3 Å². The van der Waals surface area contributed by atoms with Crippen molar-refractivity contribution in [3.05, 3.63) is 48.8 Å². The van der Waals surface area contributed by atoms with Gasteiger partial charge in [0.25, 0.3) is 0 Å². The van der Waals surface area contributed by atoms with Gasteiger partial charge in [0.2, 0.25) is 11.8 Å². The number of hydrogen-bond acceptors (Lipinski definition) is 11. The molecule has 13 heteroatoms. The molecule has 0 amide bonds. The van der Waals surface area contributed by atoms with Crippen LogP contribution in [0.1, 0.15) is 13.2 Å². The maximum atomic E-state index is 12.6. The Morgan fingerprint density at radius 3 is 2.80 bits per heavy atom. The predicted octanol–water partition coefficient (Wildman–Crippen LogP) is 2.06. The highest BCUT2D eigenvalue weighted by molar-refractivity contribution is 7.33. The summed E-state index contributed by atoms with van der Waals surface area (Å²) in [5.41, 5.74) is 4.56. The molecular weight excluding hydrogens is 477 g/mol. The van der Waals surface area contributed by atoms with Crippen molar-refractivity contribution in [2.45, 2.75) is 31.0 Å². The molecule has 4 aromatic rings. The van der Waals surface area contributed by atoms with Gasteiger partial charge in [-0.2, -0.15) is 9.97 Å². The third-order valence-electron chi connectivity index (χ3n) is 5.92. The van der Waals surface area contributed by atoms with Gasteiger partial charge in [0.1, 0.15) is 23.6 Å². The highest BCUT2D eigenvalue weighted by Crippen LogP contribution is 2.41. The average molecular weight is 501 g/mol. The number of aliphatic hydroxyl groups excluding tert-OH is 1. The van der Waals surface area contributed by atoms with E-state index in [4.69, 9.17) is 24.3 Å². The second-order valence-electron chi connectivity index (χ2n) is 8.25. The Morgan fingerprint density at radius 1 is 1.23 bits per heavy atom. The van der Waals surface area contributed by atoms with Gasteiger partial charge in [0.15, 0.2) is 17.4 Å². The SMILES string of the molecule is COc1nc(N)nc2c1ncn2C1OC(CO[PH](=O)Oc2cccc3ccccc23)C(O)C1(C)O. The van der Waals surface area contributed by atoms with Crippen LogP contribution >= 0.6 is 8.25 Å². The molecule has 3 heterocycles. The monoisotopic (exact) mass is 501 g/mol. The highest BCUT2D eigenvalue weighted by Gasteiger charge is 2.53. The van der Waals surface area contributed by atoms with Crippen molar-refractivity contribution in [3.63, 3.8) is 0 Å². The van der Waals surface area contributed by atoms with E-state index >= 15 is 0 Å². The first-order valence-corrected chi connectivity index (χ1v) is 11.9. The quantitative estimate of drug-likeness (QED) is 0.318. The van der Waals surface area contributed by atoms with Crippen molar-refractivity contribution >= 4 is 36.1 Å². The number of hydrogen-bond donors (Lipinski definition) is 3. The van der Waals surface area contributed by atoms with E-state index in [2.05, 4.69) is 15.0 Å². The second-order valence-corrected chi connectivity index (χ2v) is 9.25. The molecule has 0 aliphatic carbocycles. The minimum atomic E-state index is -2.99. The van der Waals surface area contributed by atoms with Crippen molar-refractivity contribution in [1.29, 1.82) is 0 Å². The zero-order valence-corrected chi connectivity index (χ0v) is 19.9. The van der Waals surface area contributed by atoms with Gasteiger partial charge in [-0.15, -0.1) is 0 Å². The van der Waals surface area contributed by atoms with Gasteiger partial charge in [0.05, 0.1) is 20.0 Å². The number of imidazole rings is 1. The van der Waals surface area contributed by atoms with E-state index in [1.807, 2.05) is 30.3 Å². The number of benzene rings is 2. The molecule has 35 heavy (non-hydrogen) atoms. The van der Waals surface area contributed by atoms with E-state index in [9.17, 15) is 14.8 Å². The lowest BCUT2D eigenvalue weighted by Crippen LogP contribution is -2.44. The van der Waals surface area contributed by atoms with Crippen LogP contribution in [0.15, 0.2) is 48.8 Å². The summed E-state index contributed by atoms with van der Waals surface area (Å²) in [5, 5.41) is 23.5. The Balaban J connectivity index is 1.32. The smallest absolute Gasteiger partial charge is 0.367 e. The summed E-state index contributed by atoms with van der Waals surface area (Å²) in [6, 6.07) is 12.9. The minimum Gasteiger partial charge on any atom is -0.479 e. The fraction of sp³-hybridized carbons (Fsp3) is 0.318. The van der Waals surface area contributed by atoms with Crippen LogP contribution in [0.3, 0.4) is 0 Å². The van der Waals surface area contributed by atoms with Crippen LogP contribution in [0.2, 0.25) is 0 Å². The van der Waals surface area contributed by atoms with Crippen molar-refractivity contribution in [2.75, 3.05) is 19.5 Å². The first-order valence-electron chi connectivity index (χ1n) is 10.7. The fourth-order valence-electron chi connectivity index (χ4n) is 4.15. The Morgan fingerprint density at radius 2 is 2.00 bits per heavy atom. The van der Waals surface area contributed by atoms with Crippen LogP contribution < -0.4 is 15.0 Å². The van der Waals surface area contributed by atoms with E-state index in [-0.39, 0.29) is 24.1 Å². The van der Waals surface area contributed by atoms with Gasteiger partial charge in [-0.05, 0) is 18.4 Å². The van der Waals surface area contributed by atoms with Crippen molar-refractivity contribution in [2.24, 2.45) is 0 Å². The fourth-order valence-corrected chi connectivity index (χ4v) is 4.87.